The smallest absolute Gasteiger partial charge is 0.141 e. The first-order valence-corrected chi connectivity index (χ1v) is 7.59. The molecule has 0 spiro atoms. The average Bonchev–Trinajstić information content (AvgIpc) is 2.77. The molecule has 6 heteroatoms. The summed E-state index contributed by atoms with van der Waals surface area (Å²) in [5.74, 6) is -0.411. The minimum atomic E-state index is -0.411. The van der Waals surface area contributed by atoms with Gasteiger partial charge in [-0.3, -0.25) is 4.68 Å². The Morgan fingerprint density at radius 2 is 2.25 bits per heavy atom. The molecular formula is C14H16BrClFN3. The van der Waals surface area contributed by atoms with E-state index in [0.29, 0.717) is 0 Å². The van der Waals surface area contributed by atoms with Gasteiger partial charge in [0.15, 0.2) is 0 Å². The van der Waals surface area contributed by atoms with Crippen LogP contribution in [-0.4, -0.2) is 16.8 Å². The zero-order valence-corrected chi connectivity index (χ0v) is 13.7. The van der Waals surface area contributed by atoms with Gasteiger partial charge in [0, 0.05) is 6.54 Å². The lowest BCUT2D eigenvalue weighted by Gasteiger charge is -2.19. The molecule has 1 atom stereocenters. The number of halogens is 3. The molecule has 108 valence electrons. The maximum absolute atomic E-state index is 13.3. The van der Waals surface area contributed by atoms with Gasteiger partial charge in [-0.2, -0.15) is 5.10 Å². The Morgan fingerprint density at radius 3 is 2.85 bits per heavy atom. The number of nitrogens with one attached hydrogen (secondary N) is 1. The van der Waals surface area contributed by atoms with Crippen LogP contribution in [0.5, 0.6) is 0 Å². The van der Waals surface area contributed by atoms with Gasteiger partial charge in [0.05, 0.1) is 27.4 Å². The van der Waals surface area contributed by atoms with Gasteiger partial charge in [0.2, 0.25) is 0 Å². The van der Waals surface area contributed by atoms with Crippen molar-refractivity contribution >= 4 is 27.5 Å². The highest BCUT2D eigenvalue weighted by Gasteiger charge is 2.21. The molecule has 2 aromatic rings. The van der Waals surface area contributed by atoms with Gasteiger partial charge >= 0.3 is 0 Å². The van der Waals surface area contributed by atoms with Crippen LogP contribution in [0.15, 0.2) is 28.9 Å². The van der Waals surface area contributed by atoms with Crippen LogP contribution < -0.4 is 5.32 Å². The summed E-state index contributed by atoms with van der Waals surface area (Å²) in [6, 6.07) is 4.67. The number of aromatic nitrogens is 2. The lowest BCUT2D eigenvalue weighted by molar-refractivity contribution is 0.532. The number of hydrogen-bond acceptors (Lipinski definition) is 2. The minimum Gasteiger partial charge on any atom is -0.308 e. The van der Waals surface area contributed by atoms with Gasteiger partial charge < -0.3 is 5.32 Å². The molecule has 0 saturated heterocycles. The van der Waals surface area contributed by atoms with E-state index in [1.165, 1.54) is 6.07 Å². The summed E-state index contributed by atoms with van der Waals surface area (Å²) >= 11 is 9.41. The summed E-state index contributed by atoms with van der Waals surface area (Å²) in [5.41, 5.74) is 1.91. The molecule has 1 aromatic heterocycles. The van der Waals surface area contributed by atoms with Crippen LogP contribution in [-0.2, 0) is 6.54 Å². The van der Waals surface area contributed by atoms with Crippen LogP contribution in [0.1, 0.15) is 30.6 Å². The Balaban J connectivity index is 2.46. The first-order valence-electron chi connectivity index (χ1n) is 6.41. The molecule has 20 heavy (non-hydrogen) atoms. The number of rotatable bonds is 5. The molecule has 0 aliphatic rings. The highest BCUT2D eigenvalue weighted by Crippen LogP contribution is 2.30. The van der Waals surface area contributed by atoms with Crippen molar-refractivity contribution in [3.8, 4) is 0 Å². The summed E-state index contributed by atoms with van der Waals surface area (Å²) < 4.78 is 16.2. The molecule has 1 unspecified atom stereocenters. The standard InChI is InChI=1S/C14H16BrClFN3/c1-3-6-20-14(10(15)8-19-20)13(18-2)9-4-5-12(17)11(16)7-9/h4-5,7-8,13,18H,3,6H2,1-2H3. The van der Waals surface area contributed by atoms with Crippen molar-refractivity contribution < 1.29 is 4.39 Å². The Bertz CT molecular complexity index is 600. The normalized spacial score (nSPS) is 12.7. The molecule has 3 nitrogen and oxygen atoms in total. The fourth-order valence-corrected chi connectivity index (χ4v) is 2.92. The predicted octanol–water partition coefficient (Wildman–Crippen LogP) is 4.16. The van der Waals surface area contributed by atoms with E-state index in [2.05, 4.69) is 33.3 Å². The maximum Gasteiger partial charge on any atom is 0.141 e. The third kappa shape index (κ3) is 3.05. The molecule has 0 aliphatic carbocycles. The molecule has 0 radical (unpaired) electrons. The SMILES string of the molecule is CCCn1ncc(Br)c1C(NC)c1ccc(F)c(Cl)c1. The third-order valence-corrected chi connectivity index (χ3v) is 4.01. The molecule has 0 fully saturated rings. The largest absolute Gasteiger partial charge is 0.308 e. The molecule has 2 rings (SSSR count). The number of hydrogen-bond donors (Lipinski definition) is 1. The van der Waals surface area contributed by atoms with E-state index in [-0.39, 0.29) is 11.1 Å². The Morgan fingerprint density at radius 1 is 1.50 bits per heavy atom. The molecule has 1 heterocycles. The second-order valence-electron chi connectivity index (χ2n) is 4.50. The summed E-state index contributed by atoms with van der Waals surface area (Å²) in [4.78, 5) is 0. The van der Waals surface area contributed by atoms with E-state index in [1.807, 2.05) is 11.7 Å². The number of benzene rings is 1. The maximum atomic E-state index is 13.3. The van der Waals surface area contributed by atoms with Crippen molar-refractivity contribution in [2.24, 2.45) is 0 Å². The predicted molar refractivity (Wildman–Crippen MR) is 82.5 cm³/mol. The lowest BCUT2D eigenvalue weighted by Crippen LogP contribution is -2.22. The summed E-state index contributed by atoms with van der Waals surface area (Å²) in [6.45, 7) is 2.93. The Labute approximate surface area is 131 Å². The Kier molecular flexibility index (Phi) is 5.18. The summed E-state index contributed by atoms with van der Waals surface area (Å²) in [7, 11) is 1.86. The van der Waals surface area contributed by atoms with Crippen LogP contribution in [0.25, 0.3) is 0 Å². The molecule has 0 aliphatic heterocycles. The zero-order chi connectivity index (χ0) is 14.7. The van der Waals surface area contributed by atoms with Crippen LogP contribution in [0.2, 0.25) is 5.02 Å². The molecular weight excluding hydrogens is 345 g/mol. The van der Waals surface area contributed by atoms with Crippen molar-refractivity contribution in [2.45, 2.75) is 25.9 Å². The monoisotopic (exact) mass is 359 g/mol. The third-order valence-electron chi connectivity index (χ3n) is 3.11. The lowest BCUT2D eigenvalue weighted by atomic mass is 10.0. The van der Waals surface area contributed by atoms with E-state index in [4.69, 9.17) is 11.6 Å². The van der Waals surface area contributed by atoms with Crippen molar-refractivity contribution in [3.05, 3.63) is 51.0 Å². The van der Waals surface area contributed by atoms with Crippen molar-refractivity contribution in [3.63, 3.8) is 0 Å². The number of nitrogens with zero attached hydrogens (tertiary/aromatic N) is 2. The summed E-state index contributed by atoms with van der Waals surface area (Å²) in [5, 5.41) is 7.72. The van der Waals surface area contributed by atoms with E-state index in [1.54, 1.807) is 18.3 Å². The van der Waals surface area contributed by atoms with Gasteiger partial charge in [0.25, 0.3) is 0 Å². The molecule has 0 saturated carbocycles. The molecule has 0 bridgehead atoms. The van der Waals surface area contributed by atoms with Crippen molar-refractivity contribution in [2.75, 3.05) is 7.05 Å². The van der Waals surface area contributed by atoms with Crippen LogP contribution in [0.3, 0.4) is 0 Å². The van der Waals surface area contributed by atoms with Gasteiger partial charge in [-0.05, 0) is 47.1 Å². The summed E-state index contributed by atoms with van der Waals surface area (Å²) in [6.07, 6.45) is 2.77. The van der Waals surface area contributed by atoms with Gasteiger partial charge in [-0.25, -0.2) is 4.39 Å². The van der Waals surface area contributed by atoms with E-state index in [0.717, 1.165) is 28.7 Å². The molecule has 1 aromatic carbocycles. The van der Waals surface area contributed by atoms with Crippen LogP contribution >= 0.6 is 27.5 Å². The molecule has 0 amide bonds. The Hall–Kier alpha value is -0.910. The van der Waals surface area contributed by atoms with E-state index in [9.17, 15) is 4.39 Å². The molecule has 1 N–H and O–H groups in total. The fourth-order valence-electron chi connectivity index (χ4n) is 2.20. The highest BCUT2D eigenvalue weighted by molar-refractivity contribution is 9.10. The average molecular weight is 361 g/mol. The van der Waals surface area contributed by atoms with Crippen LogP contribution in [0, 0.1) is 5.82 Å². The van der Waals surface area contributed by atoms with Crippen molar-refractivity contribution in [1.29, 1.82) is 0 Å². The second kappa shape index (κ2) is 6.70. The quantitative estimate of drug-likeness (QED) is 0.868. The number of aryl methyl sites for hydroxylation is 1. The highest BCUT2D eigenvalue weighted by atomic mass is 79.9. The fraction of sp³-hybridized carbons (Fsp3) is 0.357. The second-order valence-corrected chi connectivity index (χ2v) is 5.76. The first kappa shape index (κ1) is 15.5. The van der Waals surface area contributed by atoms with Crippen molar-refractivity contribution in [1.82, 2.24) is 15.1 Å². The zero-order valence-electron chi connectivity index (χ0n) is 11.3. The van der Waals surface area contributed by atoms with Gasteiger partial charge in [0.1, 0.15) is 5.82 Å². The van der Waals surface area contributed by atoms with Gasteiger partial charge in [-0.1, -0.05) is 24.6 Å². The topological polar surface area (TPSA) is 29.9 Å². The van der Waals surface area contributed by atoms with Crippen LogP contribution in [0.4, 0.5) is 4.39 Å². The van der Waals surface area contributed by atoms with E-state index < -0.39 is 5.82 Å². The minimum absolute atomic E-state index is 0.100. The van der Waals surface area contributed by atoms with E-state index >= 15 is 0 Å². The first-order chi connectivity index (χ1) is 9.58. The van der Waals surface area contributed by atoms with Gasteiger partial charge in [-0.15, -0.1) is 0 Å².